The minimum atomic E-state index is -0.134. The average molecular weight is 441 g/mol. The minimum Gasteiger partial charge on any atom is -0.496 e. The summed E-state index contributed by atoms with van der Waals surface area (Å²) < 4.78 is 16.5. The van der Waals surface area contributed by atoms with Crippen molar-refractivity contribution in [3.63, 3.8) is 0 Å². The van der Waals surface area contributed by atoms with E-state index >= 15 is 0 Å². The molecule has 0 unspecified atom stereocenters. The summed E-state index contributed by atoms with van der Waals surface area (Å²) >= 11 is 5.31. The number of aryl methyl sites for hydroxylation is 1. The molecule has 0 atom stereocenters. The molecule has 1 aliphatic heterocycles. The van der Waals surface area contributed by atoms with Gasteiger partial charge in [0.1, 0.15) is 23.8 Å². The fraction of sp³-hybridized carbons (Fsp3) is 0.333. The molecule has 1 amide bonds. The Bertz CT molecular complexity index is 957. The summed E-state index contributed by atoms with van der Waals surface area (Å²) in [6.45, 7) is 3.58. The van der Waals surface area contributed by atoms with E-state index in [9.17, 15) is 4.79 Å². The summed E-state index contributed by atoms with van der Waals surface area (Å²) in [6.07, 6.45) is 3.51. The maximum absolute atomic E-state index is 12.7. The van der Waals surface area contributed by atoms with E-state index in [1.54, 1.807) is 25.2 Å². The van der Waals surface area contributed by atoms with Crippen LogP contribution in [0.3, 0.4) is 0 Å². The molecule has 7 heteroatoms. The number of carbonyl (C=O) groups excluding carboxylic acids is 1. The normalized spacial score (nSPS) is 14.8. The highest BCUT2D eigenvalue weighted by Crippen LogP contribution is 2.24. The molecule has 0 saturated carbocycles. The maximum atomic E-state index is 12.7. The first-order chi connectivity index (χ1) is 15.0. The highest BCUT2D eigenvalue weighted by atomic mass is 32.1. The summed E-state index contributed by atoms with van der Waals surface area (Å²) in [6, 6.07) is 13.8. The van der Waals surface area contributed by atoms with Gasteiger partial charge in [0.15, 0.2) is 5.11 Å². The smallest absolute Gasteiger partial charge is 0.276 e. The summed E-state index contributed by atoms with van der Waals surface area (Å²) in [5.74, 6) is 1.40. The molecule has 0 spiro atoms. The quantitative estimate of drug-likeness (QED) is 0.343. The van der Waals surface area contributed by atoms with Gasteiger partial charge >= 0.3 is 0 Å². The number of benzene rings is 2. The first-order valence-electron chi connectivity index (χ1n) is 10.3. The molecule has 31 heavy (non-hydrogen) atoms. The number of rotatable bonds is 10. The molecular weight excluding hydrogens is 412 g/mol. The molecule has 1 N–H and O–H groups in total. The van der Waals surface area contributed by atoms with Crippen molar-refractivity contribution >= 4 is 29.3 Å². The van der Waals surface area contributed by atoms with Crippen molar-refractivity contribution in [1.29, 1.82) is 0 Å². The Kier molecular flexibility index (Phi) is 8.03. The van der Waals surface area contributed by atoms with Gasteiger partial charge < -0.3 is 19.5 Å². The van der Waals surface area contributed by atoms with E-state index in [1.807, 2.05) is 30.3 Å². The summed E-state index contributed by atoms with van der Waals surface area (Å²) in [5, 5.41) is 3.43. The van der Waals surface area contributed by atoms with E-state index in [2.05, 4.69) is 24.4 Å². The second kappa shape index (κ2) is 10.9. The number of carbonyl (C=O) groups is 1. The molecule has 1 fully saturated rings. The van der Waals surface area contributed by atoms with E-state index in [4.69, 9.17) is 26.4 Å². The fourth-order valence-electron chi connectivity index (χ4n) is 3.29. The summed E-state index contributed by atoms with van der Waals surface area (Å²) in [5.41, 5.74) is 3.47. The number of hydrogen-bond acceptors (Lipinski definition) is 5. The molecule has 1 aliphatic rings. The Morgan fingerprint density at radius 2 is 1.90 bits per heavy atom. The van der Waals surface area contributed by atoms with Gasteiger partial charge in [-0.2, -0.15) is 0 Å². The number of amides is 1. The molecule has 0 aromatic heterocycles. The molecule has 3 rings (SSSR count). The van der Waals surface area contributed by atoms with E-state index in [1.165, 1.54) is 5.56 Å². The van der Waals surface area contributed by atoms with Gasteiger partial charge in [-0.25, -0.2) is 0 Å². The first-order valence-corrected chi connectivity index (χ1v) is 10.7. The predicted octanol–water partition coefficient (Wildman–Crippen LogP) is 3.93. The molecule has 6 nitrogen and oxygen atoms in total. The van der Waals surface area contributed by atoms with Gasteiger partial charge in [0.2, 0.25) is 0 Å². The van der Waals surface area contributed by atoms with Crippen LogP contribution >= 0.6 is 12.2 Å². The molecule has 0 bridgehead atoms. The van der Waals surface area contributed by atoms with Crippen LogP contribution in [-0.4, -0.2) is 43.3 Å². The van der Waals surface area contributed by atoms with Gasteiger partial charge in [0.25, 0.3) is 5.91 Å². The van der Waals surface area contributed by atoms with Crippen molar-refractivity contribution in [3.8, 4) is 11.5 Å². The van der Waals surface area contributed by atoms with Crippen LogP contribution in [0.25, 0.3) is 6.08 Å². The van der Waals surface area contributed by atoms with Crippen molar-refractivity contribution in [3.05, 3.63) is 64.9 Å². The van der Waals surface area contributed by atoms with Gasteiger partial charge in [-0.1, -0.05) is 25.1 Å². The number of nitrogens with zero attached hydrogens (tertiary/aromatic N) is 1. The molecule has 0 radical (unpaired) electrons. The van der Waals surface area contributed by atoms with Gasteiger partial charge in [-0.05, 0) is 66.5 Å². The Balaban J connectivity index is 1.73. The van der Waals surface area contributed by atoms with E-state index in [0.717, 1.165) is 35.5 Å². The number of methoxy groups -OCH3 is 2. The van der Waals surface area contributed by atoms with Crippen molar-refractivity contribution in [2.45, 2.75) is 26.4 Å². The monoisotopic (exact) mass is 440 g/mol. The molecule has 2 aromatic rings. The number of thiocarbonyl (C=S) groups is 1. The SMILES string of the molecule is CCc1ccc(OCc2cc(C=C3NC(=S)N(CCCOC)C3=O)ccc2OC)cc1. The Morgan fingerprint density at radius 3 is 2.58 bits per heavy atom. The van der Waals surface area contributed by atoms with Crippen LogP contribution in [0.5, 0.6) is 11.5 Å². The average Bonchev–Trinajstić information content (AvgIpc) is 3.05. The second-order valence-corrected chi connectivity index (χ2v) is 7.54. The molecule has 2 aromatic carbocycles. The lowest BCUT2D eigenvalue weighted by atomic mass is 10.1. The Hall–Kier alpha value is -2.90. The highest BCUT2D eigenvalue weighted by Gasteiger charge is 2.30. The number of hydrogen-bond donors (Lipinski definition) is 1. The lowest BCUT2D eigenvalue weighted by molar-refractivity contribution is -0.122. The van der Waals surface area contributed by atoms with Crippen LogP contribution in [-0.2, 0) is 22.6 Å². The van der Waals surface area contributed by atoms with Crippen LogP contribution in [0.4, 0.5) is 0 Å². The third-order valence-electron chi connectivity index (χ3n) is 5.03. The van der Waals surface area contributed by atoms with Crippen LogP contribution in [0, 0.1) is 0 Å². The summed E-state index contributed by atoms with van der Waals surface area (Å²) in [4.78, 5) is 14.3. The molecule has 0 aliphatic carbocycles. The predicted molar refractivity (Wildman–Crippen MR) is 125 cm³/mol. The fourth-order valence-corrected chi connectivity index (χ4v) is 3.58. The van der Waals surface area contributed by atoms with Gasteiger partial charge in [-0.3, -0.25) is 9.69 Å². The van der Waals surface area contributed by atoms with Crippen LogP contribution in [0.15, 0.2) is 48.2 Å². The number of nitrogens with one attached hydrogen (secondary N) is 1. The van der Waals surface area contributed by atoms with Crippen LogP contribution < -0.4 is 14.8 Å². The zero-order chi connectivity index (χ0) is 22.2. The highest BCUT2D eigenvalue weighted by molar-refractivity contribution is 7.80. The maximum Gasteiger partial charge on any atom is 0.276 e. The summed E-state index contributed by atoms with van der Waals surface area (Å²) in [7, 11) is 3.27. The first kappa shape index (κ1) is 22.8. The van der Waals surface area contributed by atoms with Crippen LogP contribution in [0.2, 0.25) is 0 Å². The molecule has 1 saturated heterocycles. The molecule has 1 heterocycles. The second-order valence-electron chi connectivity index (χ2n) is 7.15. The van der Waals surface area contributed by atoms with Gasteiger partial charge in [0.05, 0.1) is 7.11 Å². The lowest BCUT2D eigenvalue weighted by Crippen LogP contribution is -2.32. The Labute approximate surface area is 188 Å². The van der Waals surface area contributed by atoms with Crippen molar-refractivity contribution in [2.75, 3.05) is 27.4 Å². The third kappa shape index (κ3) is 5.83. The van der Waals surface area contributed by atoms with E-state index < -0.39 is 0 Å². The topological polar surface area (TPSA) is 60.0 Å². The Morgan fingerprint density at radius 1 is 1.13 bits per heavy atom. The van der Waals surface area contributed by atoms with Crippen molar-refractivity contribution in [1.82, 2.24) is 10.2 Å². The van der Waals surface area contributed by atoms with Crippen molar-refractivity contribution in [2.24, 2.45) is 0 Å². The molecule has 164 valence electrons. The number of ether oxygens (including phenoxy) is 3. The largest absolute Gasteiger partial charge is 0.496 e. The standard InChI is InChI=1S/C24H28N2O4S/c1-4-17-6-9-20(10-7-17)30-16-19-14-18(8-11-22(19)29-3)15-21-23(27)26(24(31)25-21)12-5-13-28-2/h6-11,14-15H,4-5,12-13,16H2,1-3H3,(H,25,31). The molecular formula is C24H28N2O4S. The van der Waals surface area contributed by atoms with Crippen molar-refractivity contribution < 1.29 is 19.0 Å². The van der Waals surface area contributed by atoms with E-state index in [-0.39, 0.29) is 5.91 Å². The lowest BCUT2D eigenvalue weighted by Gasteiger charge is -2.13. The zero-order valence-corrected chi connectivity index (χ0v) is 19.0. The van der Waals surface area contributed by atoms with Crippen LogP contribution in [0.1, 0.15) is 30.0 Å². The minimum absolute atomic E-state index is 0.134. The van der Waals surface area contributed by atoms with Gasteiger partial charge in [0, 0.05) is 25.8 Å². The van der Waals surface area contributed by atoms with Gasteiger partial charge in [-0.15, -0.1) is 0 Å². The third-order valence-corrected chi connectivity index (χ3v) is 5.36. The zero-order valence-electron chi connectivity index (χ0n) is 18.1. The van der Waals surface area contributed by atoms with E-state index in [0.29, 0.717) is 30.6 Å².